The zero-order valence-corrected chi connectivity index (χ0v) is 23.6. The highest BCUT2D eigenvalue weighted by molar-refractivity contribution is 7.98. The van der Waals surface area contributed by atoms with Crippen molar-refractivity contribution in [2.45, 2.75) is 57.3 Å². The first-order valence-corrected chi connectivity index (χ1v) is 14.2. The quantitative estimate of drug-likeness (QED) is 0.164. The Morgan fingerprint density at radius 1 is 0.750 bits per heavy atom. The number of phenolic OH excluding ortho intramolecular Hbond substituents is 2. The molecule has 4 atom stereocenters. The number of nitrogens with one attached hydrogen (secondary N) is 3. The van der Waals surface area contributed by atoms with E-state index < -0.39 is 47.9 Å². The number of carbonyl (C=O) groups excluding carboxylic acids is 3. The maximum absolute atomic E-state index is 13.5. The second-order valence-electron chi connectivity index (χ2n) is 9.81. The Balaban J connectivity index is 2.33. The monoisotopic (exact) mass is 574 g/mol. The van der Waals surface area contributed by atoms with Crippen molar-refractivity contribution < 1.29 is 34.5 Å². The Hall–Kier alpha value is -3.77. The molecule has 2 rings (SSSR count). The van der Waals surface area contributed by atoms with Gasteiger partial charge in [0.15, 0.2) is 0 Å². The molecule has 0 radical (unpaired) electrons. The van der Waals surface area contributed by atoms with E-state index in [0.717, 1.165) is 0 Å². The average Bonchev–Trinajstić information content (AvgIpc) is 2.91. The summed E-state index contributed by atoms with van der Waals surface area (Å²) >= 11 is 1.44. The van der Waals surface area contributed by atoms with Crippen LogP contribution >= 0.6 is 11.8 Å². The molecule has 0 fully saturated rings. The first-order valence-electron chi connectivity index (χ1n) is 12.9. The minimum absolute atomic E-state index is 0.00188. The molecular formula is C28H38N4O7S. The smallest absolute Gasteiger partial charge is 0.326 e. The van der Waals surface area contributed by atoms with Gasteiger partial charge in [-0.05, 0) is 59.7 Å². The zero-order chi connectivity index (χ0) is 29.8. The van der Waals surface area contributed by atoms with Crippen LogP contribution in [-0.2, 0) is 32.0 Å². The number of aliphatic carboxylic acids is 1. The van der Waals surface area contributed by atoms with Gasteiger partial charge in [0.05, 0.1) is 6.04 Å². The molecule has 0 aliphatic carbocycles. The van der Waals surface area contributed by atoms with E-state index >= 15 is 0 Å². The molecular weight excluding hydrogens is 536 g/mol. The van der Waals surface area contributed by atoms with Gasteiger partial charge in [0.1, 0.15) is 29.6 Å². The fourth-order valence-corrected chi connectivity index (χ4v) is 4.23. The zero-order valence-electron chi connectivity index (χ0n) is 22.8. The summed E-state index contributed by atoms with van der Waals surface area (Å²) in [5, 5.41) is 36.7. The number of phenols is 2. The van der Waals surface area contributed by atoms with Crippen molar-refractivity contribution in [1.82, 2.24) is 16.0 Å². The lowest BCUT2D eigenvalue weighted by atomic mass is 10.0. The third kappa shape index (κ3) is 10.4. The molecule has 8 N–H and O–H groups in total. The normalized spacial score (nSPS) is 14.0. The summed E-state index contributed by atoms with van der Waals surface area (Å²) in [6.45, 7) is 3.54. The molecule has 3 amide bonds. The van der Waals surface area contributed by atoms with Crippen LogP contribution in [0.15, 0.2) is 48.5 Å². The largest absolute Gasteiger partial charge is 0.508 e. The molecule has 4 unspecified atom stereocenters. The van der Waals surface area contributed by atoms with Crippen LogP contribution in [0.25, 0.3) is 0 Å². The molecule has 11 nitrogen and oxygen atoms in total. The van der Waals surface area contributed by atoms with Crippen LogP contribution in [0, 0.1) is 5.92 Å². The van der Waals surface area contributed by atoms with Crippen LogP contribution in [0.3, 0.4) is 0 Å². The molecule has 2 aromatic carbocycles. The first kappa shape index (κ1) is 32.4. The fourth-order valence-electron chi connectivity index (χ4n) is 3.76. The molecule has 0 spiro atoms. The van der Waals surface area contributed by atoms with E-state index in [2.05, 4.69) is 16.0 Å². The molecule has 0 aliphatic rings. The van der Waals surface area contributed by atoms with E-state index in [-0.39, 0.29) is 36.7 Å². The molecule has 0 aliphatic heterocycles. The Morgan fingerprint density at radius 3 is 1.52 bits per heavy atom. The summed E-state index contributed by atoms with van der Waals surface area (Å²) in [6.07, 6.45) is 2.05. The first-order chi connectivity index (χ1) is 18.9. The molecule has 0 saturated carbocycles. The minimum Gasteiger partial charge on any atom is -0.508 e. The topological polar surface area (TPSA) is 191 Å². The van der Waals surface area contributed by atoms with Crippen molar-refractivity contribution >= 4 is 35.5 Å². The van der Waals surface area contributed by atoms with E-state index in [0.29, 0.717) is 16.9 Å². The van der Waals surface area contributed by atoms with E-state index in [1.165, 1.54) is 36.0 Å². The van der Waals surface area contributed by atoms with Gasteiger partial charge in [0.2, 0.25) is 17.7 Å². The van der Waals surface area contributed by atoms with Gasteiger partial charge >= 0.3 is 5.97 Å². The molecule has 2 aromatic rings. The number of thioether (sulfide) groups is 1. The van der Waals surface area contributed by atoms with E-state index in [9.17, 15) is 34.5 Å². The van der Waals surface area contributed by atoms with Crippen molar-refractivity contribution in [2.75, 3.05) is 12.0 Å². The summed E-state index contributed by atoms with van der Waals surface area (Å²) in [5.41, 5.74) is 7.23. The van der Waals surface area contributed by atoms with E-state index in [1.807, 2.05) is 6.26 Å². The molecule has 0 saturated heterocycles. The lowest BCUT2D eigenvalue weighted by Gasteiger charge is -2.26. The SMILES string of the molecule is CSCCC(NC(=O)C(Cc1ccc(O)cc1)NC(=O)C(Cc1ccc(O)cc1)NC(=O)C(N)C(C)C)C(=O)O. The number of nitrogens with two attached hydrogens (primary N) is 1. The third-order valence-electron chi connectivity index (χ3n) is 6.26. The van der Waals surface area contributed by atoms with Gasteiger partial charge < -0.3 is 37.0 Å². The van der Waals surface area contributed by atoms with E-state index in [1.54, 1.807) is 38.1 Å². The Kier molecular flexibility index (Phi) is 12.8. The molecule has 40 heavy (non-hydrogen) atoms. The Labute approximate surface area is 237 Å². The number of hydrogen-bond acceptors (Lipinski definition) is 8. The van der Waals surface area contributed by atoms with Crippen LogP contribution in [0.5, 0.6) is 11.5 Å². The number of carbonyl (C=O) groups is 4. The molecule has 12 heteroatoms. The average molecular weight is 575 g/mol. The van der Waals surface area contributed by atoms with Gasteiger partial charge in [0, 0.05) is 12.8 Å². The summed E-state index contributed by atoms with van der Waals surface area (Å²) in [4.78, 5) is 51.3. The van der Waals surface area contributed by atoms with Crippen molar-refractivity contribution in [2.24, 2.45) is 11.7 Å². The highest BCUT2D eigenvalue weighted by atomic mass is 32.2. The number of carboxylic acid groups (broad SMARTS) is 1. The number of hydrogen-bond donors (Lipinski definition) is 7. The number of benzene rings is 2. The maximum atomic E-state index is 13.5. The molecule has 0 bridgehead atoms. The predicted octanol–water partition coefficient (Wildman–Crippen LogP) is 1.16. The number of carboxylic acids is 1. The van der Waals surface area contributed by atoms with Crippen molar-refractivity contribution in [3.63, 3.8) is 0 Å². The van der Waals surface area contributed by atoms with Crippen LogP contribution < -0.4 is 21.7 Å². The summed E-state index contributed by atoms with van der Waals surface area (Å²) in [7, 11) is 0. The fraction of sp³-hybridized carbons (Fsp3) is 0.429. The lowest BCUT2D eigenvalue weighted by molar-refractivity contribution is -0.142. The number of amides is 3. The highest BCUT2D eigenvalue weighted by Crippen LogP contribution is 2.14. The van der Waals surface area contributed by atoms with Crippen molar-refractivity contribution in [3.8, 4) is 11.5 Å². The maximum Gasteiger partial charge on any atom is 0.326 e. The van der Waals surface area contributed by atoms with Crippen LogP contribution in [0.1, 0.15) is 31.4 Å². The van der Waals surface area contributed by atoms with Gasteiger partial charge in [-0.25, -0.2) is 4.79 Å². The molecule has 218 valence electrons. The Bertz CT molecular complexity index is 1140. The van der Waals surface area contributed by atoms with Gasteiger partial charge in [-0.1, -0.05) is 38.1 Å². The van der Waals surface area contributed by atoms with E-state index in [4.69, 9.17) is 5.73 Å². The second-order valence-corrected chi connectivity index (χ2v) is 10.8. The minimum atomic E-state index is -1.20. The number of rotatable bonds is 15. The van der Waals surface area contributed by atoms with Crippen LogP contribution in [0.4, 0.5) is 0 Å². The lowest BCUT2D eigenvalue weighted by Crippen LogP contribution is -2.58. The summed E-state index contributed by atoms with van der Waals surface area (Å²) in [5.74, 6) is -2.75. The second kappa shape index (κ2) is 15.7. The van der Waals surface area contributed by atoms with Crippen LogP contribution in [-0.4, -0.2) is 75.2 Å². The van der Waals surface area contributed by atoms with Gasteiger partial charge in [-0.2, -0.15) is 11.8 Å². The third-order valence-corrected chi connectivity index (χ3v) is 6.91. The number of aromatic hydroxyl groups is 2. The molecule has 0 aromatic heterocycles. The summed E-state index contributed by atoms with van der Waals surface area (Å²) in [6, 6.07) is 7.81. The van der Waals surface area contributed by atoms with Crippen molar-refractivity contribution in [3.05, 3.63) is 59.7 Å². The van der Waals surface area contributed by atoms with Crippen molar-refractivity contribution in [1.29, 1.82) is 0 Å². The summed E-state index contributed by atoms with van der Waals surface area (Å²) < 4.78 is 0. The Morgan fingerprint density at radius 2 is 1.15 bits per heavy atom. The molecule has 0 heterocycles. The van der Waals surface area contributed by atoms with Gasteiger partial charge in [0.25, 0.3) is 0 Å². The van der Waals surface area contributed by atoms with Gasteiger partial charge in [-0.15, -0.1) is 0 Å². The highest BCUT2D eigenvalue weighted by Gasteiger charge is 2.31. The predicted molar refractivity (Wildman–Crippen MR) is 153 cm³/mol. The van der Waals surface area contributed by atoms with Crippen LogP contribution in [0.2, 0.25) is 0 Å². The van der Waals surface area contributed by atoms with Gasteiger partial charge in [-0.3, -0.25) is 14.4 Å². The standard InChI is InChI=1S/C28H38N4O7S/c1-16(2)24(29)27(37)32-23(15-18-6-10-20(34)11-7-18)26(36)31-22(14-17-4-8-19(33)9-5-17)25(35)30-21(28(38)39)12-13-40-3/h4-11,16,21-24,33-34H,12-15,29H2,1-3H3,(H,30,35)(H,31,36)(H,32,37)(H,38,39).